The zero-order valence-corrected chi connectivity index (χ0v) is 8.80. The van der Waals surface area contributed by atoms with Crippen molar-refractivity contribution in [1.82, 2.24) is 9.97 Å². The summed E-state index contributed by atoms with van der Waals surface area (Å²) in [4.78, 5) is 11.9. The van der Waals surface area contributed by atoms with Gasteiger partial charge in [0, 0.05) is 13.2 Å². The van der Waals surface area contributed by atoms with Gasteiger partial charge >= 0.3 is 0 Å². The van der Waals surface area contributed by atoms with Gasteiger partial charge in [0.1, 0.15) is 17.9 Å². The molecule has 0 aliphatic carbocycles. The van der Waals surface area contributed by atoms with Crippen LogP contribution in [0.1, 0.15) is 5.69 Å². The molecule has 1 aromatic heterocycles. The van der Waals surface area contributed by atoms with Crippen LogP contribution in [-0.2, 0) is 4.74 Å². The van der Waals surface area contributed by atoms with Crippen LogP contribution in [0, 0.1) is 0 Å². The molecule has 2 N–H and O–H groups in total. The number of amidine groups is 1. The lowest BCUT2D eigenvalue weighted by Crippen LogP contribution is -2.16. The first kappa shape index (κ1) is 11.4. The summed E-state index contributed by atoms with van der Waals surface area (Å²) in [5, 5.41) is 0. The van der Waals surface area contributed by atoms with Crippen LogP contribution in [0.3, 0.4) is 0 Å². The molecule has 0 fully saturated rings. The number of hydrogen-bond donors (Lipinski definition) is 1. The maximum Gasteiger partial charge on any atom is 0.216 e. The van der Waals surface area contributed by atoms with E-state index in [-0.39, 0.29) is 0 Å². The molecular weight excluding hydrogens is 196 g/mol. The number of aliphatic imine (C=N–C) groups is 1. The fraction of sp³-hybridized carbons (Fsp3) is 0.444. The van der Waals surface area contributed by atoms with E-state index in [1.807, 2.05) is 0 Å². The van der Waals surface area contributed by atoms with Crippen molar-refractivity contribution in [1.29, 1.82) is 0 Å². The number of nitrogens with two attached hydrogens (primary N) is 1. The zero-order valence-electron chi connectivity index (χ0n) is 8.80. The number of rotatable bonds is 5. The molecule has 0 amide bonds. The third kappa shape index (κ3) is 3.51. The Balaban J connectivity index is 2.72. The van der Waals surface area contributed by atoms with Crippen molar-refractivity contribution >= 4 is 5.84 Å². The third-order valence-corrected chi connectivity index (χ3v) is 1.69. The number of ether oxygens (including phenoxy) is 2. The van der Waals surface area contributed by atoms with Crippen LogP contribution in [0.25, 0.3) is 0 Å². The molecule has 0 radical (unpaired) electrons. The van der Waals surface area contributed by atoms with Crippen molar-refractivity contribution in [2.45, 2.75) is 0 Å². The van der Waals surface area contributed by atoms with E-state index in [0.29, 0.717) is 30.6 Å². The van der Waals surface area contributed by atoms with Gasteiger partial charge in [0.15, 0.2) is 0 Å². The lowest BCUT2D eigenvalue weighted by atomic mass is 10.4. The Morgan fingerprint density at radius 1 is 1.47 bits per heavy atom. The van der Waals surface area contributed by atoms with E-state index in [9.17, 15) is 0 Å². The summed E-state index contributed by atoms with van der Waals surface area (Å²) in [6.45, 7) is 1.04. The predicted molar refractivity (Wildman–Crippen MR) is 56.1 cm³/mol. The highest BCUT2D eigenvalue weighted by atomic mass is 16.5. The molecule has 0 bridgehead atoms. The second-order valence-electron chi connectivity index (χ2n) is 2.71. The van der Waals surface area contributed by atoms with Gasteiger partial charge in [-0.15, -0.1) is 0 Å². The van der Waals surface area contributed by atoms with E-state index in [1.54, 1.807) is 13.2 Å². The van der Waals surface area contributed by atoms with Crippen LogP contribution in [0.5, 0.6) is 5.88 Å². The molecule has 0 spiro atoms. The van der Waals surface area contributed by atoms with Crippen LogP contribution < -0.4 is 10.5 Å². The van der Waals surface area contributed by atoms with E-state index in [0.717, 1.165) is 0 Å². The van der Waals surface area contributed by atoms with Crippen molar-refractivity contribution in [2.75, 3.05) is 27.4 Å². The summed E-state index contributed by atoms with van der Waals surface area (Å²) in [5.41, 5.74) is 6.26. The third-order valence-electron chi connectivity index (χ3n) is 1.69. The van der Waals surface area contributed by atoms with E-state index in [4.69, 9.17) is 15.2 Å². The summed E-state index contributed by atoms with van der Waals surface area (Å²) in [6.07, 6.45) is 1.38. The van der Waals surface area contributed by atoms with Gasteiger partial charge in [0.05, 0.1) is 20.3 Å². The SMILES string of the molecule is COCCN=C(N)c1cc(OC)ncn1. The Hall–Kier alpha value is -1.69. The molecule has 0 aliphatic rings. The van der Waals surface area contributed by atoms with Gasteiger partial charge < -0.3 is 15.2 Å². The molecule has 15 heavy (non-hydrogen) atoms. The number of nitrogens with zero attached hydrogens (tertiary/aromatic N) is 3. The Morgan fingerprint density at radius 2 is 2.27 bits per heavy atom. The largest absolute Gasteiger partial charge is 0.481 e. The summed E-state index contributed by atoms with van der Waals surface area (Å²) >= 11 is 0. The first-order chi connectivity index (χ1) is 7.27. The maximum absolute atomic E-state index is 5.71. The lowest BCUT2D eigenvalue weighted by Gasteiger charge is -2.02. The van der Waals surface area contributed by atoms with E-state index >= 15 is 0 Å². The highest BCUT2D eigenvalue weighted by Crippen LogP contribution is 2.04. The average molecular weight is 210 g/mol. The highest BCUT2D eigenvalue weighted by Gasteiger charge is 2.02. The Kier molecular flexibility index (Phi) is 4.49. The molecule has 6 heteroatoms. The van der Waals surface area contributed by atoms with Crippen LogP contribution in [-0.4, -0.2) is 43.2 Å². The molecule has 0 saturated carbocycles. The van der Waals surface area contributed by atoms with Gasteiger partial charge in [-0.1, -0.05) is 0 Å². The lowest BCUT2D eigenvalue weighted by molar-refractivity contribution is 0.208. The van der Waals surface area contributed by atoms with Gasteiger partial charge in [-0.05, 0) is 0 Å². The molecule has 0 aromatic carbocycles. The molecule has 82 valence electrons. The highest BCUT2D eigenvalue weighted by molar-refractivity contribution is 5.95. The standard InChI is InChI=1S/C9H14N4O2/c1-14-4-3-11-9(10)7-5-8(15-2)13-6-12-7/h5-6H,3-4H2,1-2H3,(H2,10,11). The number of hydrogen-bond acceptors (Lipinski definition) is 5. The first-order valence-electron chi connectivity index (χ1n) is 4.43. The van der Waals surface area contributed by atoms with Crippen molar-refractivity contribution < 1.29 is 9.47 Å². The molecule has 0 aliphatic heterocycles. The van der Waals surface area contributed by atoms with Crippen LogP contribution in [0.2, 0.25) is 0 Å². The minimum atomic E-state index is 0.354. The van der Waals surface area contributed by atoms with Gasteiger partial charge in [0.25, 0.3) is 0 Å². The molecule has 6 nitrogen and oxygen atoms in total. The zero-order chi connectivity index (χ0) is 11.1. The second kappa shape index (κ2) is 5.92. The summed E-state index contributed by atoms with van der Waals surface area (Å²) in [7, 11) is 3.14. The van der Waals surface area contributed by atoms with Gasteiger partial charge in [0.2, 0.25) is 5.88 Å². The van der Waals surface area contributed by atoms with E-state index in [2.05, 4.69) is 15.0 Å². The van der Waals surface area contributed by atoms with E-state index in [1.165, 1.54) is 13.4 Å². The fourth-order valence-electron chi connectivity index (χ4n) is 0.930. The molecule has 1 heterocycles. The molecular formula is C9H14N4O2. The smallest absolute Gasteiger partial charge is 0.216 e. The Bertz CT molecular complexity index is 341. The van der Waals surface area contributed by atoms with Gasteiger partial charge in [-0.3, -0.25) is 4.99 Å². The first-order valence-corrected chi connectivity index (χ1v) is 4.43. The van der Waals surface area contributed by atoms with Crippen molar-refractivity contribution in [3.8, 4) is 5.88 Å². The Morgan fingerprint density at radius 3 is 2.93 bits per heavy atom. The summed E-state index contributed by atoms with van der Waals surface area (Å²) in [6, 6.07) is 1.63. The van der Waals surface area contributed by atoms with Crippen molar-refractivity contribution in [3.63, 3.8) is 0 Å². The monoisotopic (exact) mass is 210 g/mol. The van der Waals surface area contributed by atoms with Crippen LogP contribution >= 0.6 is 0 Å². The minimum absolute atomic E-state index is 0.354. The average Bonchev–Trinajstić information content (AvgIpc) is 2.29. The summed E-state index contributed by atoms with van der Waals surface area (Å²) < 4.78 is 9.80. The topological polar surface area (TPSA) is 82.6 Å². The number of methoxy groups -OCH3 is 2. The van der Waals surface area contributed by atoms with Gasteiger partial charge in [-0.2, -0.15) is 0 Å². The summed E-state index contributed by atoms with van der Waals surface area (Å²) in [5.74, 6) is 0.817. The molecule has 1 rings (SSSR count). The fourth-order valence-corrected chi connectivity index (χ4v) is 0.930. The second-order valence-corrected chi connectivity index (χ2v) is 2.71. The number of aromatic nitrogens is 2. The maximum atomic E-state index is 5.71. The normalized spacial score (nSPS) is 11.5. The predicted octanol–water partition coefficient (Wildman–Crippen LogP) is -0.163. The Labute approximate surface area is 88.2 Å². The molecule has 0 saturated heterocycles. The van der Waals surface area contributed by atoms with Gasteiger partial charge in [-0.25, -0.2) is 9.97 Å². The van der Waals surface area contributed by atoms with Crippen molar-refractivity contribution in [3.05, 3.63) is 18.1 Å². The molecule has 0 unspecified atom stereocenters. The van der Waals surface area contributed by atoms with Crippen LogP contribution in [0.4, 0.5) is 0 Å². The van der Waals surface area contributed by atoms with Crippen molar-refractivity contribution in [2.24, 2.45) is 10.7 Å². The quantitative estimate of drug-likeness (QED) is 0.414. The molecule has 0 atom stereocenters. The minimum Gasteiger partial charge on any atom is -0.481 e. The van der Waals surface area contributed by atoms with Crippen LogP contribution in [0.15, 0.2) is 17.4 Å². The molecule has 1 aromatic rings. The van der Waals surface area contributed by atoms with E-state index < -0.39 is 0 Å².